The lowest BCUT2D eigenvalue weighted by atomic mass is 10.2. The normalized spacial score (nSPS) is 13.7. The van der Waals surface area contributed by atoms with Crippen LogP contribution in [0.2, 0.25) is 0 Å². The molecule has 1 N–H and O–H groups in total. The molecule has 0 aliphatic carbocycles. The Morgan fingerprint density at radius 2 is 1.61 bits per heavy atom. The van der Waals surface area contributed by atoms with Crippen molar-refractivity contribution in [1.82, 2.24) is 20.2 Å². The molecule has 4 rings (SSSR count). The van der Waals surface area contributed by atoms with Crippen LogP contribution in [0.15, 0.2) is 42.5 Å². The number of methoxy groups -OCH3 is 2. The van der Waals surface area contributed by atoms with Gasteiger partial charge in [-0.15, -0.1) is 0 Å². The largest absolute Gasteiger partial charge is 0.497 e. The Labute approximate surface area is 193 Å². The number of anilines is 1. The van der Waals surface area contributed by atoms with Gasteiger partial charge >= 0.3 is 6.03 Å². The minimum absolute atomic E-state index is 0.129. The first-order chi connectivity index (χ1) is 16.1. The highest BCUT2D eigenvalue weighted by atomic mass is 16.5. The Balaban J connectivity index is 1.38. The van der Waals surface area contributed by atoms with Gasteiger partial charge < -0.3 is 29.3 Å². The van der Waals surface area contributed by atoms with Gasteiger partial charge in [0.05, 0.1) is 38.4 Å². The van der Waals surface area contributed by atoms with E-state index in [4.69, 9.17) is 14.2 Å². The molecule has 3 aromatic rings. The number of carbonyl (C=O) groups is 1. The highest BCUT2D eigenvalue weighted by molar-refractivity contribution is 5.76. The highest BCUT2D eigenvalue weighted by Gasteiger charge is 2.22. The first kappa shape index (κ1) is 22.4. The molecule has 1 aliphatic heterocycles. The summed E-state index contributed by atoms with van der Waals surface area (Å²) in [6, 6.07) is 13.3. The quantitative estimate of drug-likeness (QED) is 0.591. The maximum Gasteiger partial charge on any atom is 0.317 e. The molecule has 0 saturated carbocycles. The number of para-hydroxylation sites is 2. The average molecular weight is 452 g/mol. The zero-order valence-electron chi connectivity index (χ0n) is 19.2. The number of ether oxygens (including phenoxy) is 3. The van der Waals surface area contributed by atoms with Crippen molar-refractivity contribution in [1.29, 1.82) is 0 Å². The van der Waals surface area contributed by atoms with Crippen LogP contribution < -0.4 is 24.4 Å². The summed E-state index contributed by atoms with van der Waals surface area (Å²) in [6.45, 7) is 5.26. The van der Waals surface area contributed by atoms with Crippen LogP contribution >= 0.6 is 0 Å². The number of hydrogen-bond donors (Lipinski definition) is 1. The summed E-state index contributed by atoms with van der Waals surface area (Å²) >= 11 is 0. The number of carbonyl (C=O) groups excluding carboxylic acids is 1. The number of fused-ring (bicyclic) bond motifs is 1. The summed E-state index contributed by atoms with van der Waals surface area (Å²) in [4.78, 5) is 26.0. The van der Waals surface area contributed by atoms with Crippen molar-refractivity contribution in [2.45, 2.75) is 13.5 Å². The summed E-state index contributed by atoms with van der Waals surface area (Å²) in [5.41, 5.74) is 3.17. The topological polar surface area (TPSA) is 89.1 Å². The summed E-state index contributed by atoms with van der Waals surface area (Å²) in [5, 5.41) is 2.97. The van der Waals surface area contributed by atoms with E-state index in [9.17, 15) is 4.79 Å². The molecule has 174 valence electrons. The summed E-state index contributed by atoms with van der Waals surface area (Å²) in [7, 11) is 3.27. The van der Waals surface area contributed by atoms with Crippen molar-refractivity contribution >= 4 is 22.8 Å². The standard InChI is InChI=1S/C24H29N5O4/c1-4-33-23-22(26-20-7-5-6-8-21(20)27-23)16-25-24(30)29-11-9-28(10-12-29)17-13-18(31-2)15-19(14-17)32-3/h5-8,13-15H,4,9-12,16H2,1-3H3,(H,25,30). The summed E-state index contributed by atoms with van der Waals surface area (Å²) in [5.74, 6) is 1.94. The molecule has 1 aliphatic rings. The molecule has 0 atom stereocenters. The number of rotatable bonds is 7. The Morgan fingerprint density at radius 1 is 0.970 bits per heavy atom. The number of hydrogen-bond acceptors (Lipinski definition) is 7. The van der Waals surface area contributed by atoms with E-state index >= 15 is 0 Å². The van der Waals surface area contributed by atoms with Crippen molar-refractivity contribution in [3.05, 3.63) is 48.2 Å². The van der Waals surface area contributed by atoms with Gasteiger partial charge in [0, 0.05) is 50.1 Å². The fourth-order valence-electron chi connectivity index (χ4n) is 3.80. The van der Waals surface area contributed by atoms with E-state index in [-0.39, 0.29) is 12.6 Å². The first-order valence-corrected chi connectivity index (χ1v) is 11.0. The molecule has 1 aromatic heterocycles. The van der Waals surface area contributed by atoms with Crippen LogP contribution in [0.4, 0.5) is 10.5 Å². The molecule has 0 spiro atoms. The van der Waals surface area contributed by atoms with Crippen LogP contribution in [0.1, 0.15) is 12.6 Å². The molecule has 2 amide bonds. The number of urea groups is 1. The number of aromatic nitrogens is 2. The molecule has 9 nitrogen and oxygen atoms in total. The minimum Gasteiger partial charge on any atom is -0.497 e. The first-order valence-electron chi connectivity index (χ1n) is 11.0. The molecular formula is C24H29N5O4. The van der Waals surface area contributed by atoms with Crippen LogP contribution in [0.5, 0.6) is 17.4 Å². The second-order valence-corrected chi connectivity index (χ2v) is 7.60. The molecule has 0 radical (unpaired) electrons. The smallest absolute Gasteiger partial charge is 0.317 e. The predicted molar refractivity (Wildman–Crippen MR) is 126 cm³/mol. The Hall–Kier alpha value is -3.75. The molecule has 33 heavy (non-hydrogen) atoms. The van der Waals surface area contributed by atoms with Crippen LogP contribution in [0.3, 0.4) is 0 Å². The van der Waals surface area contributed by atoms with Gasteiger partial charge in [0.2, 0.25) is 5.88 Å². The van der Waals surface area contributed by atoms with Gasteiger partial charge in [0.1, 0.15) is 17.2 Å². The monoisotopic (exact) mass is 451 g/mol. The lowest BCUT2D eigenvalue weighted by molar-refractivity contribution is 0.193. The summed E-state index contributed by atoms with van der Waals surface area (Å²) < 4.78 is 16.4. The van der Waals surface area contributed by atoms with Gasteiger partial charge in [-0.05, 0) is 19.1 Å². The third-order valence-corrected chi connectivity index (χ3v) is 5.56. The number of benzene rings is 2. The third kappa shape index (κ3) is 5.19. The Kier molecular flexibility index (Phi) is 6.97. The fraction of sp³-hybridized carbons (Fsp3) is 0.375. The van der Waals surface area contributed by atoms with Gasteiger partial charge in [-0.25, -0.2) is 14.8 Å². The Bertz CT molecular complexity index is 1090. The van der Waals surface area contributed by atoms with E-state index in [0.717, 1.165) is 28.2 Å². The fourth-order valence-corrected chi connectivity index (χ4v) is 3.80. The molecule has 0 unspecified atom stereocenters. The van der Waals surface area contributed by atoms with Crippen LogP contribution in [-0.4, -0.2) is 67.9 Å². The van der Waals surface area contributed by atoms with Crippen molar-refractivity contribution < 1.29 is 19.0 Å². The van der Waals surface area contributed by atoms with E-state index in [1.165, 1.54) is 0 Å². The lowest BCUT2D eigenvalue weighted by Crippen LogP contribution is -2.51. The number of nitrogens with one attached hydrogen (secondary N) is 1. The highest BCUT2D eigenvalue weighted by Crippen LogP contribution is 2.29. The molecule has 0 bridgehead atoms. The van der Waals surface area contributed by atoms with Crippen molar-refractivity contribution in [2.75, 3.05) is 51.9 Å². The number of piperazine rings is 1. The second kappa shape index (κ2) is 10.2. The van der Waals surface area contributed by atoms with Gasteiger partial charge in [0.15, 0.2) is 0 Å². The van der Waals surface area contributed by atoms with Gasteiger partial charge in [-0.2, -0.15) is 0 Å². The number of nitrogens with zero attached hydrogens (tertiary/aromatic N) is 4. The molecule has 2 aromatic carbocycles. The van der Waals surface area contributed by atoms with E-state index in [2.05, 4.69) is 20.2 Å². The molecular weight excluding hydrogens is 422 g/mol. The zero-order valence-corrected chi connectivity index (χ0v) is 19.2. The predicted octanol–water partition coefficient (Wildman–Crippen LogP) is 3.08. The molecule has 2 heterocycles. The van der Waals surface area contributed by atoms with E-state index in [1.807, 2.05) is 54.3 Å². The molecule has 9 heteroatoms. The SMILES string of the molecule is CCOc1nc2ccccc2nc1CNC(=O)N1CCN(c2cc(OC)cc(OC)c2)CC1. The van der Waals surface area contributed by atoms with Crippen molar-refractivity contribution in [2.24, 2.45) is 0 Å². The van der Waals surface area contributed by atoms with Gasteiger partial charge in [-0.1, -0.05) is 12.1 Å². The summed E-state index contributed by atoms with van der Waals surface area (Å²) in [6.07, 6.45) is 0. The minimum atomic E-state index is -0.129. The van der Waals surface area contributed by atoms with Gasteiger partial charge in [-0.3, -0.25) is 0 Å². The Morgan fingerprint density at radius 3 is 2.21 bits per heavy atom. The molecule has 1 saturated heterocycles. The average Bonchev–Trinajstić information content (AvgIpc) is 2.87. The van der Waals surface area contributed by atoms with Crippen LogP contribution in [0, 0.1) is 0 Å². The van der Waals surface area contributed by atoms with Crippen LogP contribution in [0.25, 0.3) is 11.0 Å². The maximum atomic E-state index is 12.8. The molecule has 1 fully saturated rings. The number of amides is 2. The maximum absolute atomic E-state index is 12.8. The van der Waals surface area contributed by atoms with E-state index in [1.54, 1.807) is 14.2 Å². The third-order valence-electron chi connectivity index (χ3n) is 5.56. The van der Waals surface area contributed by atoms with E-state index in [0.29, 0.717) is 44.4 Å². The van der Waals surface area contributed by atoms with Gasteiger partial charge in [0.25, 0.3) is 0 Å². The second-order valence-electron chi connectivity index (χ2n) is 7.60. The zero-order chi connectivity index (χ0) is 23.2. The van der Waals surface area contributed by atoms with Crippen molar-refractivity contribution in [3.63, 3.8) is 0 Å². The van der Waals surface area contributed by atoms with Crippen molar-refractivity contribution in [3.8, 4) is 17.4 Å². The van der Waals surface area contributed by atoms with Crippen LogP contribution in [-0.2, 0) is 6.54 Å². The lowest BCUT2D eigenvalue weighted by Gasteiger charge is -2.36. The van der Waals surface area contributed by atoms with E-state index < -0.39 is 0 Å².